The number of fused-ring (bicyclic) bond motifs is 1. The quantitative estimate of drug-likeness (QED) is 0.526. The molecule has 1 fully saturated rings. The van der Waals surface area contributed by atoms with Crippen molar-refractivity contribution in [2.45, 2.75) is 52.2 Å². The maximum atomic E-state index is 12.2. The van der Waals surface area contributed by atoms with Gasteiger partial charge in [0.15, 0.2) is 5.17 Å². The molecule has 2 heterocycles. The van der Waals surface area contributed by atoms with Gasteiger partial charge in [-0.1, -0.05) is 50.2 Å². The van der Waals surface area contributed by atoms with E-state index in [2.05, 4.69) is 43.0 Å². The Morgan fingerprint density at radius 3 is 2.86 bits per heavy atom. The van der Waals surface area contributed by atoms with Crippen LogP contribution in [0, 0.1) is 11.3 Å². The Labute approximate surface area is 171 Å². The number of hydrogen-bond donors (Lipinski definition) is 4. The van der Waals surface area contributed by atoms with Gasteiger partial charge >= 0.3 is 0 Å². The molecule has 0 spiro atoms. The average molecular weight is 403 g/mol. The molecule has 152 valence electrons. The number of aryl methyl sites for hydroxylation is 1. The van der Waals surface area contributed by atoms with Gasteiger partial charge in [0.25, 0.3) is 0 Å². The van der Waals surface area contributed by atoms with Gasteiger partial charge in [0.1, 0.15) is 12.0 Å². The fourth-order valence-electron chi connectivity index (χ4n) is 3.55. The van der Waals surface area contributed by atoms with Gasteiger partial charge in [0.2, 0.25) is 5.91 Å². The Kier molecular flexibility index (Phi) is 7.09. The molecule has 8 heteroatoms. The van der Waals surface area contributed by atoms with Crippen molar-refractivity contribution >= 4 is 34.4 Å². The molecule has 7 nitrogen and oxygen atoms in total. The van der Waals surface area contributed by atoms with Crippen LogP contribution in [0.4, 0.5) is 5.69 Å². The molecule has 1 aromatic rings. The monoisotopic (exact) mass is 402 g/mol. The largest absolute Gasteiger partial charge is 0.355 e. The van der Waals surface area contributed by atoms with Crippen molar-refractivity contribution in [3.05, 3.63) is 29.8 Å². The highest BCUT2D eigenvalue weighted by Crippen LogP contribution is 2.33. The van der Waals surface area contributed by atoms with E-state index in [9.17, 15) is 4.79 Å². The summed E-state index contributed by atoms with van der Waals surface area (Å²) in [7, 11) is 0. The van der Waals surface area contributed by atoms with E-state index in [4.69, 9.17) is 10.4 Å². The van der Waals surface area contributed by atoms with Gasteiger partial charge in [0.05, 0.1) is 17.4 Å². The Morgan fingerprint density at radius 1 is 1.32 bits per heavy atom. The summed E-state index contributed by atoms with van der Waals surface area (Å²) < 4.78 is 0. The van der Waals surface area contributed by atoms with Crippen LogP contribution in [0.2, 0.25) is 0 Å². The van der Waals surface area contributed by atoms with Gasteiger partial charge in [-0.05, 0) is 31.4 Å². The summed E-state index contributed by atoms with van der Waals surface area (Å²) in [5.74, 6) is 0.762. The van der Waals surface area contributed by atoms with Crippen LogP contribution in [-0.4, -0.2) is 41.4 Å². The minimum atomic E-state index is -0.182. The molecular formula is C20H30N6OS. The van der Waals surface area contributed by atoms with E-state index in [-0.39, 0.29) is 24.0 Å². The lowest BCUT2D eigenvalue weighted by Gasteiger charge is -2.36. The zero-order valence-corrected chi connectivity index (χ0v) is 17.6. The van der Waals surface area contributed by atoms with Crippen molar-refractivity contribution < 1.29 is 4.79 Å². The van der Waals surface area contributed by atoms with Crippen LogP contribution in [0.3, 0.4) is 0 Å². The van der Waals surface area contributed by atoms with Crippen molar-refractivity contribution in [1.82, 2.24) is 16.2 Å². The fraction of sp³-hybridized carbons (Fsp3) is 0.550. The number of amidine groups is 2. The molecular weight excluding hydrogens is 372 g/mol. The van der Waals surface area contributed by atoms with Crippen LogP contribution in [0.15, 0.2) is 29.3 Å². The summed E-state index contributed by atoms with van der Waals surface area (Å²) in [5.41, 5.74) is 8.52. The second-order valence-corrected chi connectivity index (χ2v) is 8.10. The molecule has 2 aliphatic heterocycles. The number of carbonyl (C=O) groups excluding carboxylic acids is 1. The highest BCUT2D eigenvalue weighted by molar-refractivity contribution is 8.14. The third-order valence-corrected chi connectivity index (χ3v) is 6.09. The third kappa shape index (κ3) is 4.39. The first kappa shape index (κ1) is 20.8. The second kappa shape index (κ2) is 9.54. The van der Waals surface area contributed by atoms with Crippen LogP contribution in [-0.2, 0) is 11.2 Å². The predicted octanol–water partition coefficient (Wildman–Crippen LogP) is 2.49. The van der Waals surface area contributed by atoms with E-state index in [1.54, 1.807) is 0 Å². The van der Waals surface area contributed by atoms with Crippen molar-refractivity contribution in [3.63, 3.8) is 0 Å². The summed E-state index contributed by atoms with van der Waals surface area (Å²) in [6.45, 7) is 6.98. The first-order valence-corrected chi connectivity index (χ1v) is 11.0. The number of anilines is 1. The maximum absolute atomic E-state index is 12.2. The summed E-state index contributed by atoms with van der Waals surface area (Å²) in [4.78, 5) is 19.0. The Hall–Kier alpha value is -1.90. The van der Waals surface area contributed by atoms with Crippen LogP contribution in [0.5, 0.6) is 0 Å². The molecule has 28 heavy (non-hydrogen) atoms. The number of hydrogen-bond acceptors (Lipinski definition) is 6. The van der Waals surface area contributed by atoms with E-state index in [1.165, 1.54) is 11.8 Å². The average Bonchev–Trinajstić information content (AvgIpc) is 3.07. The predicted molar refractivity (Wildman–Crippen MR) is 117 cm³/mol. The number of unbranched alkanes of at least 4 members (excludes halogenated alkanes) is 1. The van der Waals surface area contributed by atoms with Crippen molar-refractivity contribution in [2.24, 2.45) is 10.9 Å². The normalized spacial score (nSPS) is 24.1. The van der Waals surface area contributed by atoms with Gasteiger partial charge < -0.3 is 5.32 Å². The van der Waals surface area contributed by atoms with Gasteiger partial charge in [0, 0.05) is 12.6 Å². The number of hydrazine groups is 1. The van der Waals surface area contributed by atoms with E-state index < -0.39 is 0 Å². The van der Waals surface area contributed by atoms with E-state index in [1.807, 2.05) is 23.1 Å². The number of carbonyl (C=O) groups is 1. The molecule has 0 bridgehead atoms. The zero-order valence-electron chi connectivity index (χ0n) is 16.8. The molecule has 1 aromatic carbocycles. The molecule has 0 aromatic heterocycles. The molecule has 0 saturated carbocycles. The number of aliphatic imine (C=N–C) groups is 1. The molecule has 3 atom stereocenters. The van der Waals surface area contributed by atoms with Gasteiger partial charge in [-0.3, -0.25) is 20.5 Å². The molecule has 0 aliphatic carbocycles. The maximum Gasteiger partial charge on any atom is 0.230 e. The molecule has 2 aliphatic rings. The van der Waals surface area contributed by atoms with E-state index in [0.29, 0.717) is 23.3 Å². The Bertz CT molecular complexity index is 752. The van der Waals surface area contributed by atoms with Crippen LogP contribution < -0.4 is 21.1 Å². The van der Waals surface area contributed by atoms with Crippen LogP contribution in [0.25, 0.3) is 0 Å². The number of benzene rings is 1. The molecule has 1 amide bonds. The number of nitrogens with one attached hydrogen (secondary N) is 4. The minimum Gasteiger partial charge on any atom is -0.355 e. The number of rotatable bonds is 7. The first-order valence-electron chi connectivity index (χ1n) is 10.0. The number of thioether (sulfide) groups is 1. The Morgan fingerprint density at radius 2 is 2.11 bits per heavy atom. The molecule has 4 N–H and O–H groups in total. The highest BCUT2D eigenvalue weighted by Gasteiger charge is 2.44. The lowest BCUT2D eigenvalue weighted by molar-refractivity contribution is -0.118. The Balaban J connectivity index is 1.84. The topological polar surface area (TPSA) is 92.6 Å². The van der Waals surface area contributed by atoms with Crippen LogP contribution >= 0.6 is 11.8 Å². The van der Waals surface area contributed by atoms with Crippen molar-refractivity contribution in [2.75, 3.05) is 17.2 Å². The molecule has 3 rings (SSSR count). The zero-order chi connectivity index (χ0) is 20.1. The number of nitrogens with zero attached hydrogens (tertiary/aromatic N) is 2. The van der Waals surface area contributed by atoms with Gasteiger partial charge in [-0.25, -0.2) is 10.4 Å². The summed E-state index contributed by atoms with van der Waals surface area (Å²) >= 11 is 1.39. The number of para-hydroxylation sites is 1. The molecule has 1 saturated heterocycles. The number of amides is 1. The molecule has 3 unspecified atom stereocenters. The molecule has 0 radical (unpaired) electrons. The van der Waals surface area contributed by atoms with Crippen LogP contribution in [0.1, 0.15) is 39.2 Å². The van der Waals surface area contributed by atoms with E-state index in [0.717, 1.165) is 30.5 Å². The minimum absolute atomic E-state index is 0.00408. The smallest absolute Gasteiger partial charge is 0.230 e. The first-order chi connectivity index (χ1) is 13.6. The summed E-state index contributed by atoms with van der Waals surface area (Å²) in [6.07, 6.45) is 2.72. The summed E-state index contributed by atoms with van der Waals surface area (Å²) in [5, 5.41) is 12.6. The lowest BCUT2D eigenvalue weighted by atomic mass is 9.96. The SMILES string of the molecule is CCCCNC(=O)CSC1=NC2NNC(C)C2C(=N)N1c1ccccc1CC. The summed E-state index contributed by atoms with van der Waals surface area (Å²) in [6, 6.07) is 8.24. The lowest BCUT2D eigenvalue weighted by Crippen LogP contribution is -2.50. The highest BCUT2D eigenvalue weighted by atomic mass is 32.2. The van der Waals surface area contributed by atoms with Gasteiger partial charge in [-0.2, -0.15) is 0 Å². The fourth-order valence-corrected chi connectivity index (χ4v) is 4.42. The third-order valence-electron chi connectivity index (χ3n) is 5.13. The van der Waals surface area contributed by atoms with Gasteiger partial charge in [-0.15, -0.1) is 0 Å². The standard InChI is InChI=1S/C20H30N6OS/c1-4-6-11-22-16(27)12-28-20-23-19-17(13(3)24-25-19)18(21)26(20)15-10-8-7-9-14(15)5-2/h7-10,13,17,19,21,24-25H,4-6,11-12H2,1-3H3,(H,22,27). The van der Waals surface area contributed by atoms with Crippen molar-refractivity contribution in [3.8, 4) is 0 Å². The second-order valence-electron chi connectivity index (χ2n) is 7.15. The van der Waals surface area contributed by atoms with Crippen molar-refractivity contribution in [1.29, 1.82) is 5.41 Å². The van der Waals surface area contributed by atoms with E-state index >= 15 is 0 Å².